The van der Waals surface area contributed by atoms with Crippen molar-refractivity contribution in [1.82, 2.24) is 19.6 Å². The minimum Gasteiger partial charge on any atom is -0.342 e. The van der Waals surface area contributed by atoms with Gasteiger partial charge in [0.2, 0.25) is 5.91 Å². The molecule has 1 atom stereocenters. The number of nitrogens with zero attached hydrogens (tertiary/aromatic N) is 4. The molecule has 5 heteroatoms. The third kappa shape index (κ3) is 3.84. The van der Waals surface area contributed by atoms with Gasteiger partial charge in [-0.2, -0.15) is 5.10 Å². The molecule has 2 fully saturated rings. The first-order valence-corrected chi connectivity index (χ1v) is 8.18. The molecule has 3 heterocycles. The van der Waals surface area contributed by atoms with Crippen LogP contribution >= 0.6 is 0 Å². The molecule has 2 aliphatic rings. The average molecular weight is 290 g/mol. The largest absolute Gasteiger partial charge is 0.342 e. The van der Waals surface area contributed by atoms with Gasteiger partial charge >= 0.3 is 0 Å². The number of carbonyl (C=O) groups is 1. The molecule has 21 heavy (non-hydrogen) atoms. The van der Waals surface area contributed by atoms with Crippen LogP contribution in [0, 0.1) is 5.92 Å². The summed E-state index contributed by atoms with van der Waals surface area (Å²) >= 11 is 0. The van der Waals surface area contributed by atoms with Crippen LogP contribution in [0.5, 0.6) is 0 Å². The molecule has 1 unspecified atom stereocenters. The number of amides is 1. The normalized spacial score (nSPS) is 23.7. The molecule has 0 aromatic carbocycles. The molecular formula is C16H26N4O. The van der Waals surface area contributed by atoms with E-state index in [4.69, 9.17) is 0 Å². The third-order valence-corrected chi connectivity index (χ3v) is 4.72. The Bertz CT molecular complexity index is 478. The monoisotopic (exact) mass is 290 g/mol. The van der Waals surface area contributed by atoms with Crippen molar-refractivity contribution < 1.29 is 4.79 Å². The van der Waals surface area contributed by atoms with E-state index in [9.17, 15) is 4.79 Å². The van der Waals surface area contributed by atoms with Gasteiger partial charge in [0.25, 0.3) is 0 Å². The lowest BCUT2D eigenvalue weighted by molar-refractivity contribution is -0.129. The van der Waals surface area contributed by atoms with E-state index in [2.05, 4.69) is 10.00 Å². The Labute approximate surface area is 126 Å². The maximum atomic E-state index is 12.3. The quantitative estimate of drug-likeness (QED) is 0.839. The SMILES string of the molecule is Cn1cc(CC(=O)N2CCC(CN3CCCCC3)C2)cn1. The van der Waals surface area contributed by atoms with Crippen molar-refractivity contribution in [2.24, 2.45) is 13.0 Å². The van der Waals surface area contributed by atoms with E-state index in [1.54, 1.807) is 10.9 Å². The first-order chi connectivity index (χ1) is 10.2. The van der Waals surface area contributed by atoms with E-state index in [0.29, 0.717) is 12.3 Å². The number of piperidine rings is 1. The highest BCUT2D eigenvalue weighted by Gasteiger charge is 2.28. The predicted molar refractivity (Wildman–Crippen MR) is 81.9 cm³/mol. The predicted octanol–water partition coefficient (Wildman–Crippen LogP) is 1.30. The molecule has 0 spiro atoms. The van der Waals surface area contributed by atoms with E-state index in [-0.39, 0.29) is 5.91 Å². The highest BCUT2D eigenvalue weighted by molar-refractivity contribution is 5.78. The Morgan fingerprint density at radius 3 is 2.81 bits per heavy atom. The minimum absolute atomic E-state index is 0.254. The van der Waals surface area contributed by atoms with Crippen LogP contribution in [0.2, 0.25) is 0 Å². The number of hydrogen-bond donors (Lipinski definition) is 0. The molecule has 1 aromatic heterocycles. The molecule has 116 valence electrons. The number of hydrogen-bond acceptors (Lipinski definition) is 3. The fourth-order valence-electron chi connectivity index (χ4n) is 3.56. The van der Waals surface area contributed by atoms with Crippen LogP contribution in [0.4, 0.5) is 0 Å². The highest BCUT2D eigenvalue weighted by atomic mass is 16.2. The average Bonchev–Trinajstić information content (AvgIpc) is 3.09. The topological polar surface area (TPSA) is 41.4 Å². The molecule has 0 bridgehead atoms. The molecule has 0 radical (unpaired) electrons. The van der Waals surface area contributed by atoms with Crippen molar-refractivity contribution in [2.45, 2.75) is 32.1 Å². The van der Waals surface area contributed by atoms with E-state index in [1.807, 2.05) is 18.1 Å². The van der Waals surface area contributed by atoms with Crippen LogP contribution in [-0.4, -0.2) is 58.2 Å². The fraction of sp³-hybridized carbons (Fsp3) is 0.750. The first kappa shape index (κ1) is 14.6. The molecule has 0 N–H and O–H groups in total. The van der Waals surface area contributed by atoms with Crippen molar-refractivity contribution in [3.63, 3.8) is 0 Å². The number of rotatable bonds is 4. The van der Waals surface area contributed by atoms with Gasteiger partial charge in [0, 0.05) is 32.9 Å². The van der Waals surface area contributed by atoms with Crippen LogP contribution in [0.15, 0.2) is 12.4 Å². The van der Waals surface area contributed by atoms with Crippen molar-refractivity contribution in [1.29, 1.82) is 0 Å². The summed E-state index contributed by atoms with van der Waals surface area (Å²) in [5.74, 6) is 0.921. The van der Waals surface area contributed by atoms with E-state index < -0.39 is 0 Å². The molecule has 2 aliphatic heterocycles. The molecule has 3 rings (SSSR count). The lowest BCUT2D eigenvalue weighted by Gasteiger charge is -2.29. The summed E-state index contributed by atoms with van der Waals surface area (Å²) in [5, 5.41) is 4.13. The van der Waals surface area contributed by atoms with Gasteiger partial charge < -0.3 is 9.80 Å². The van der Waals surface area contributed by atoms with Crippen molar-refractivity contribution >= 4 is 5.91 Å². The molecule has 1 aromatic rings. The first-order valence-electron chi connectivity index (χ1n) is 8.18. The summed E-state index contributed by atoms with van der Waals surface area (Å²) in [5.41, 5.74) is 1.02. The summed E-state index contributed by atoms with van der Waals surface area (Å²) in [6.45, 7) is 5.55. The van der Waals surface area contributed by atoms with E-state index >= 15 is 0 Å². The number of likely N-dealkylation sites (tertiary alicyclic amines) is 2. The van der Waals surface area contributed by atoms with Crippen LogP contribution in [0.25, 0.3) is 0 Å². The zero-order chi connectivity index (χ0) is 14.7. The zero-order valence-electron chi connectivity index (χ0n) is 13.0. The molecule has 2 saturated heterocycles. The van der Waals surface area contributed by atoms with Gasteiger partial charge in [0.05, 0.1) is 12.6 Å². The van der Waals surface area contributed by atoms with Crippen LogP contribution < -0.4 is 0 Å². The lowest BCUT2D eigenvalue weighted by atomic mass is 10.1. The maximum absolute atomic E-state index is 12.3. The smallest absolute Gasteiger partial charge is 0.227 e. The Hall–Kier alpha value is -1.36. The van der Waals surface area contributed by atoms with Gasteiger partial charge in [-0.3, -0.25) is 9.48 Å². The Morgan fingerprint density at radius 2 is 2.10 bits per heavy atom. The molecule has 1 amide bonds. The second-order valence-electron chi connectivity index (χ2n) is 6.55. The third-order valence-electron chi connectivity index (χ3n) is 4.72. The fourth-order valence-corrected chi connectivity index (χ4v) is 3.56. The highest BCUT2D eigenvalue weighted by Crippen LogP contribution is 2.20. The number of aromatic nitrogens is 2. The van der Waals surface area contributed by atoms with Crippen molar-refractivity contribution in [3.05, 3.63) is 18.0 Å². The Balaban J connectivity index is 1.46. The van der Waals surface area contributed by atoms with Crippen LogP contribution in [0.1, 0.15) is 31.2 Å². The standard InChI is InChI=1S/C16H26N4O/c1-18-11-15(10-17-18)9-16(21)20-8-5-14(13-20)12-19-6-3-2-4-7-19/h10-11,14H,2-9,12-13H2,1H3. The number of aryl methyl sites for hydroxylation is 1. The maximum Gasteiger partial charge on any atom is 0.227 e. The van der Waals surface area contributed by atoms with Gasteiger partial charge in [0.1, 0.15) is 0 Å². The molecular weight excluding hydrogens is 264 g/mol. The summed E-state index contributed by atoms with van der Waals surface area (Å²) < 4.78 is 1.76. The van der Waals surface area contributed by atoms with E-state index in [0.717, 1.165) is 25.1 Å². The van der Waals surface area contributed by atoms with Crippen LogP contribution in [-0.2, 0) is 18.3 Å². The second-order valence-corrected chi connectivity index (χ2v) is 6.55. The summed E-state index contributed by atoms with van der Waals surface area (Å²) in [6, 6.07) is 0. The lowest BCUT2D eigenvalue weighted by Crippen LogP contribution is -2.36. The van der Waals surface area contributed by atoms with Crippen molar-refractivity contribution in [2.75, 3.05) is 32.7 Å². The Morgan fingerprint density at radius 1 is 1.29 bits per heavy atom. The summed E-state index contributed by atoms with van der Waals surface area (Å²) in [4.78, 5) is 17.0. The minimum atomic E-state index is 0.254. The second kappa shape index (κ2) is 6.60. The molecule has 5 nitrogen and oxygen atoms in total. The van der Waals surface area contributed by atoms with Gasteiger partial charge in [-0.25, -0.2) is 0 Å². The zero-order valence-corrected chi connectivity index (χ0v) is 13.0. The summed E-state index contributed by atoms with van der Waals surface area (Å²) in [7, 11) is 1.89. The summed E-state index contributed by atoms with van der Waals surface area (Å²) in [6.07, 6.45) is 9.45. The van der Waals surface area contributed by atoms with Crippen LogP contribution in [0.3, 0.4) is 0 Å². The molecule has 0 saturated carbocycles. The van der Waals surface area contributed by atoms with Gasteiger partial charge in [-0.05, 0) is 43.8 Å². The van der Waals surface area contributed by atoms with E-state index in [1.165, 1.54) is 38.9 Å². The Kier molecular flexibility index (Phi) is 4.58. The van der Waals surface area contributed by atoms with Gasteiger partial charge in [-0.15, -0.1) is 0 Å². The van der Waals surface area contributed by atoms with Gasteiger partial charge in [-0.1, -0.05) is 6.42 Å². The number of carbonyl (C=O) groups excluding carboxylic acids is 1. The van der Waals surface area contributed by atoms with Gasteiger partial charge in [0.15, 0.2) is 0 Å². The molecule has 0 aliphatic carbocycles. The van der Waals surface area contributed by atoms with Crippen molar-refractivity contribution in [3.8, 4) is 0 Å².